The summed E-state index contributed by atoms with van der Waals surface area (Å²) in [6, 6.07) is 0. The molecule has 0 spiro atoms. The average molecular weight is 266 g/mol. The molecule has 3 rings (SSSR count). The van der Waals surface area contributed by atoms with Crippen molar-refractivity contribution in [3.05, 3.63) is 5.82 Å². The number of aryl methyl sites for hydroxylation is 1. The number of nitrogens with zero attached hydrogens (tertiary/aromatic N) is 3. The van der Waals surface area contributed by atoms with Gasteiger partial charge in [0.25, 0.3) is 0 Å². The minimum absolute atomic E-state index is 0.856. The summed E-state index contributed by atoms with van der Waals surface area (Å²) in [4.78, 5) is 0. The lowest BCUT2D eigenvalue weighted by atomic mass is 10.0. The summed E-state index contributed by atoms with van der Waals surface area (Å²) in [5.74, 6) is 3.27. The Kier molecular flexibility index (Phi) is 4.20. The third-order valence-corrected chi connectivity index (χ3v) is 5.18. The number of rotatable bonds is 3. The molecule has 0 amide bonds. The van der Waals surface area contributed by atoms with Crippen molar-refractivity contribution in [1.29, 1.82) is 0 Å². The van der Waals surface area contributed by atoms with Crippen LogP contribution < -0.4 is 5.32 Å². The van der Waals surface area contributed by atoms with Crippen LogP contribution in [0.15, 0.2) is 5.16 Å². The lowest BCUT2D eigenvalue weighted by Crippen LogP contribution is -2.28. The second kappa shape index (κ2) is 6.06. The Labute approximate surface area is 113 Å². The maximum atomic E-state index is 4.38. The highest BCUT2D eigenvalue weighted by atomic mass is 32.2. The Hall–Kier alpha value is -0.550. The minimum Gasteiger partial charge on any atom is -0.317 e. The van der Waals surface area contributed by atoms with Crippen LogP contribution in [0.3, 0.4) is 0 Å². The van der Waals surface area contributed by atoms with Gasteiger partial charge in [0.1, 0.15) is 5.82 Å². The first kappa shape index (κ1) is 12.5. The van der Waals surface area contributed by atoms with E-state index in [-0.39, 0.29) is 0 Å². The molecule has 100 valence electrons. The van der Waals surface area contributed by atoms with E-state index < -0.39 is 0 Å². The number of nitrogens with one attached hydrogen (secondary N) is 1. The summed E-state index contributed by atoms with van der Waals surface area (Å²) >= 11 is 1.92. The van der Waals surface area contributed by atoms with Crippen molar-refractivity contribution in [2.24, 2.45) is 5.92 Å². The number of thioether (sulfide) groups is 1. The zero-order valence-electron chi connectivity index (χ0n) is 10.9. The van der Waals surface area contributed by atoms with Crippen LogP contribution >= 0.6 is 11.8 Å². The summed E-state index contributed by atoms with van der Waals surface area (Å²) in [6.45, 7) is 3.49. The summed E-state index contributed by atoms with van der Waals surface area (Å²) in [7, 11) is 0. The van der Waals surface area contributed by atoms with E-state index in [1.807, 2.05) is 11.8 Å². The molecule has 0 atom stereocenters. The van der Waals surface area contributed by atoms with Gasteiger partial charge in [0.2, 0.25) is 0 Å². The summed E-state index contributed by atoms with van der Waals surface area (Å²) in [5, 5.41) is 13.3. The van der Waals surface area contributed by atoms with E-state index in [0.717, 1.165) is 24.0 Å². The van der Waals surface area contributed by atoms with Crippen molar-refractivity contribution < 1.29 is 0 Å². The van der Waals surface area contributed by atoms with Gasteiger partial charge in [-0.1, -0.05) is 18.2 Å². The standard InChI is InChI=1S/C13H22N4S/c1-2-4-12-15-16-13(17(12)9-3-1)18-10-11-5-7-14-8-6-11/h11,14H,1-10H2. The van der Waals surface area contributed by atoms with Gasteiger partial charge in [0, 0.05) is 18.7 Å². The fourth-order valence-corrected chi connectivity index (χ4v) is 3.98. The second-order valence-electron chi connectivity index (χ2n) is 5.37. The van der Waals surface area contributed by atoms with Gasteiger partial charge in [-0.2, -0.15) is 0 Å². The van der Waals surface area contributed by atoms with E-state index in [0.29, 0.717) is 0 Å². The van der Waals surface area contributed by atoms with Crippen LogP contribution in [0.1, 0.15) is 37.9 Å². The molecule has 0 radical (unpaired) electrons. The third kappa shape index (κ3) is 2.88. The molecule has 1 fully saturated rings. The Balaban J connectivity index is 1.60. The molecule has 0 bridgehead atoms. The molecule has 1 N–H and O–H groups in total. The molecule has 1 aromatic rings. The van der Waals surface area contributed by atoms with E-state index in [9.17, 15) is 0 Å². The quantitative estimate of drug-likeness (QED) is 0.851. The first-order valence-electron chi connectivity index (χ1n) is 7.19. The van der Waals surface area contributed by atoms with E-state index >= 15 is 0 Å². The molecule has 3 heterocycles. The molecule has 1 saturated heterocycles. The van der Waals surface area contributed by atoms with Crippen LogP contribution in [-0.2, 0) is 13.0 Å². The number of hydrogen-bond donors (Lipinski definition) is 1. The smallest absolute Gasteiger partial charge is 0.191 e. The summed E-state index contributed by atoms with van der Waals surface area (Å²) in [5.41, 5.74) is 0. The molecular weight excluding hydrogens is 244 g/mol. The highest BCUT2D eigenvalue weighted by Gasteiger charge is 2.18. The first-order valence-corrected chi connectivity index (χ1v) is 8.17. The second-order valence-corrected chi connectivity index (χ2v) is 6.35. The molecule has 18 heavy (non-hydrogen) atoms. The van der Waals surface area contributed by atoms with Gasteiger partial charge in [-0.3, -0.25) is 0 Å². The number of fused-ring (bicyclic) bond motifs is 1. The number of hydrogen-bond acceptors (Lipinski definition) is 4. The number of piperidine rings is 1. The Morgan fingerprint density at radius 1 is 1.17 bits per heavy atom. The van der Waals surface area contributed by atoms with E-state index in [2.05, 4.69) is 20.1 Å². The van der Waals surface area contributed by atoms with Crippen molar-refractivity contribution in [1.82, 2.24) is 20.1 Å². The SMILES string of the molecule is C1CCc2nnc(SCC3CCNCC3)n2CC1. The molecule has 2 aliphatic heterocycles. The lowest BCUT2D eigenvalue weighted by Gasteiger charge is -2.21. The largest absolute Gasteiger partial charge is 0.317 e. The van der Waals surface area contributed by atoms with E-state index in [1.165, 1.54) is 56.8 Å². The van der Waals surface area contributed by atoms with Crippen LogP contribution in [0.25, 0.3) is 0 Å². The van der Waals surface area contributed by atoms with E-state index in [1.54, 1.807) is 0 Å². The van der Waals surface area contributed by atoms with Gasteiger partial charge >= 0.3 is 0 Å². The molecule has 5 heteroatoms. The highest BCUT2D eigenvalue weighted by molar-refractivity contribution is 7.99. The third-order valence-electron chi connectivity index (χ3n) is 3.98. The van der Waals surface area contributed by atoms with Crippen LogP contribution in [0, 0.1) is 5.92 Å². The van der Waals surface area contributed by atoms with Gasteiger partial charge in [0.05, 0.1) is 0 Å². The molecule has 4 nitrogen and oxygen atoms in total. The highest BCUT2D eigenvalue weighted by Crippen LogP contribution is 2.26. The minimum atomic E-state index is 0.856. The van der Waals surface area contributed by atoms with Crippen molar-refractivity contribution in [2.75, 3.05) is 18.8 Å². The molecule has 0 saturated carbocycles. The van der Waals surface area contributed by atoms with Gasteiger partial charge in [-0.05, 0) is 44.7 Å². The molecule has 1 aromatic heterocycles. The van der Waals surface area contributed by atoms with Gasteiger partial charge < -0.3 is 9.88 Å². The predicted octanol–water partition coefficient (Wildman–Crippen LogP) is 2.10. The van der Waals surface area contributed by atoms with Gasteiger partial charge in [-0.15, -0.1) is 10.2 Å². The predicted molar refractivity (Wildman–Crippen MR) is 73.9 cm³/mol. The Bertz CT molecular complexity index is 384. The van der Waals surface area contributed by atoms with Crippen LogP contribution in [0.5, 0.6) is 0 Å². The molecule has 0 aliphatic carbocycles. The maximum Gasteiger partial charge on any atom is 0.191 e. The van der Waals surface area contributed by atoms with Crippen molar-refractivity contribution in [2.45, 2.75) is 50.2 Å². The monoisotopic (exact) mass is 266 g/mol. The zero-order valence-corrected chi connectivity index (χ0v) is 11.7. The maximum absolute atomic E-state index is 4.38. The molecule has 0 aromatic carbocycles. The fraction of sp³-hybridized carbons (Fsp3) is 0.846. The topological polar surface area (TPSA) is 42.7 Å². The van der Waals surface area contributed by atoms with E-state index in [4.69, 9.17) is 0 Å². The fourth-order valence-electron chi connectivity index (χ4n) is 2.81. The average Bonchev–Trinajstić information content (AvgIpc) is 2.65. The van der Waals surface area contributed by atoms with Crippen molar-refractivity contribution in [3.63, 3.8) is 0 Å². The zero-order chi connectivity index (χ0) is 12.2. The number of aromatic nitrogens is 3. The first-order chi connectivity index (χ1) is 8.93. The van der Waals surface area contributed by atoms with Crippen LogP contribution in [0.2, 0.25) is 0 Å². The Morgan fingerprint density at radius 3 is 2.94 bits per heavy atom. The molecule has 2 aliphatic rings. The van der Waals surface area contributed by atoms with Crippen molar-refractivity contribution >= 4 is 11.8 Å². The lowest BCUT2D eigenvalue weighted by molar-refractivity contribution is 0.407. The summed E-state index contributed by atoms with van der Waals surface area (Å²) in [6.07, 6.45) is 7.63. The molecule has 0 unspecified atom stereocenters. The van der Waals surface area contributed by atoms with Crippen molar-refractivity contribution in [3.8, 4) is 0 Å². The van der Waals surface area contributed by atoms with Crippen LogP contribution in [-0.4, -0.2) is 33.6 Å². The van der Waals surface area contributed by atoms with Gasteiger partial charge in [-0.25, -0.2) is 0 Å². The van der Waals surface area contributed by atoms with Crippen LogP contribution in [0.4, 0.5) is 0 Å². The summed E-state index contributed by atoms with van der Waals surface area (Å²) < 4.78 is 2.36. The van der Waals surface area contributed by atoms with Gasteiger partial charge in [0.15, 0.2) is 5.16 Å². The normalized spacial score (nSPS) is 21.6. The Morgan fingerprint density at radius 2 is 2.06 bits per heavy atom. The molecular formula is C13H22N4S.